The summed E-state index contributed by atoms with van der Waals surface area (Å²) >= 11 is 5.85. The Labute approximate surface area is 91.4 Å². The standard InChI is InChI=1S/C11H8ClFN2/c12-10-2-1-3-11(13)9(10)5-4-8-6-7-14-15-8/h1-7H,(H,14,15)/b5-4+. The summed E-state index contributed by atoms with van der Waals surface area (Å²) in [6, 6.07) is 6.38. The second-order valence-corrected chi connectivity index (χ2v) is 3.39. The van der Waals surface area contributed by atoms with Crippen LogP contribution < -0.4 is 0 Å². The molecule has 0 spiro atoms. The van der Waals surface area contributed by atoms with Gasteiger partial charge in [-0.05, 0) is 30.4 Å². The number of aromatic nitrogens is 2. The summed E-state index contributed by atoms with van der Waals surface area (Å²) < 4.78 is 13.3. The average molecular weight is 223 g/mol. The molecule has 0 amide bonds. The van der Waals surface area contributed by atoms with Crippen LogP contribution in [0.25, 0.3) is 12.2 Å². The van der Waals surface area contributed by atoms with Gasteiger partial charge in [0.25, 0.3) is 0 Å². The Bertz CT molecular complexity index is 457. The average Bonchev–Trinajstić information content (AvgIpc) is 2.70. The number of hydrogen-bond donors (Lipinski definition) is 1. The molecule has 2 rings (SSSR count). The van der Waals surface area contributed by atoms with E-state index in [1.165, 1.54) is 6.07 Å². The molecule has 0 atom stereocenters. The molecule has 0 bridgehead atoms. The Kier molecular flexibility index (Phi) is 2.83. The Morgan fingerprint density at radius 1 is 1.27 bits per heavy atom. The van der Waals surface area contributed by atoms with Crippen LogP contribution in [0.15, 0.2) is 30.5 Å². The van der Waals surface area contributed by atoms with Gasteiger partial charge in [0.15, 0.2) is 0 Å². The van der Waals surface area contributed by atoms with Gasteiger partial charge in [0.05, 0.1) is 10.7 Å². The van der Waals surface area contributed by atoms with Crippen molar-refractivity contribution in [3.05, 3.63) is 52.6 Å². The van der Waals surface area contributed by atoms with E-state index in [2.05, 4.69) is 10.2 Å². The van der Waals surface area contributed by atoms with Crippen molar-refractivity contribution in [1.82, 2.24) is 10.2 Å². The minimum absolute atomic E-state index is 0.335. The summed E-state index contributed by atoms with van der Waals surface area (Å²) in [6.07, 6.45) is 4.96. The molecule has 0 radical (unpaired) electrons. The van der Waals surface area contributed by atoms with E-state index < -0.39 is 0 Å². The van der Waals surface area contributed by atoms with Gasteiger partial charge in [-0.3, -0.25) is 5.10 Å². The predicted molar refractivity (Wildman–Crippen MR) is 58.9 cm³/mol. The molecule has 1 N–H and O–H groups in total. The molecule has 0 aliphatic rings. The van der Waals surface area contributed by atoms with Crippen LogP contribution in [0.2, 0.25) is 5.02 Å². The van der Waals surface area contributed by atoms with Crippen molar-refractivity contribution in [2.75, 3.05) is 0 Å². The number of benzene rings is 1. The minimum Gasteiger partial charge on any atom is -0.278 e. The van der Waals surface area contributed by atoms with Crippen LogP contribution in [0.4, 0.5) is 4.39 Å². The van der Waals surface area contributed by atoms with Crippen molar-refractivity contribution in [3.8, 4) is 0 Å². The van der Waals surface area contributed by atoms with E-state index in [0.717, 1.165) is 5.69 Å². The van der Waals surface area contributed by atoms with Gasteiger partial charge in [0, 0.05) is 11.8 Å². The molecule has 0 aliphatic heterocycles. The van der Waals surface area contributed by atoms with Crippen LogP contribution in [0, 0.1) is 5.82 Å². The zero-order valence-electron chi connectivity index (χ0n) is 7.74. The van der Waals surface area contributed by atoms with Crippen molar-refractivity contribution in [1.29, 1.82) is 0 Å². The molecule has 2 nitrogen and oxygen atoms in total. The molecular weight excluding hydrogens is 215 g/mol. The molecule has 1 aromatic carbocycles. The van der Waals surface area contributed by atoms with E-state index in [0.29, 0.717) is 10.6 Å². The first-order valence-corrected chi connectivity index (χ1v) is 4.76. The van der Waals surface area contributed by atoms with Crippen molar-refractivity contribution in [2.45, 2.75) is 0 Å². The first-order valence-electron chi connectivity index (χ1n) is 4.39. The van der Waals surface area contributed by atoms with Crippen LogP contribution in [-0.2, 0) is 0 Å². The highest BCUT2D eigenvalue weighted by Gasteiger charge is 2.02. The zero-order chi connectivity index (χ0) is 10.7. The van der Waals surface area contributed by atoms with E-state index >= 15 is 0 Å². The van der Waals surface area contributed by atoms with Gasteiger partial charge in [-0.15, -0.1) is 0 Å². The second kappa shape index (κ2) is 4.28. The lowest BCUT2D eigenvalue weighted by Gasteiger charge is -1.98. The van der Waals surface area contributed by atoms with Crippen LogP contribution in [-0.4, -0.2) is 10.2 Å². The highest BCUT2D eigenvalue weighted by molar-refractivity contribution is 6.32. The lowest BCUT2D eigenvalue weighted by atomic mass is 10.2. The molecule has 0 fully saturated rings. The fourth-order valence-electron chi connectivity index (χ4n) is 1.20. The molecule has 0 aliphatic carbocycles. The maximum atomic E-state index is 13.3. The minimum atomic E-state index is -0.335. The molecule has 76 valence electrons. The summed E-state index contributed by atoms with van der Waals surface area (Å²) in [5.74, 6) is -0.335. The summed E-state index contributed by atoms with van der Waals surface area (Å²) in [5, 5.41) is 6.91. The highest BCUT2D eigenvalue weighted by Crippen LogP contribution is 2.20. The number of hydrogen-bond acceptors (Lipinski definition) is 1. The Balaban J connectivity index is 2.32. The predicted octanol–water partition coefficient (Wildman–Crippen LogP) is 3.37. The molecule has 4 heteroatoms. The summed E-state index contributed by atoms with van der Waals surface area (Å²) in [6.45, 7) is 0. The number of H-pyrrole nitrogens is 1. The molecule has 0 saturated heterocycles. The summed E-state index contributed by atoms with van der Waals surface area (Å²) in [5.41, 5.74) is 1.18. The van der Waals surface area contributed by atoms with Gasteiger partial charge >= 0.3 is 0 Å². The highest BCUT2D eigenvalue weighted by atomic mass is 35.5. The van der Waals surface area contributed by atoms with Gasteiger partial charge in [0.1, 0.15) is 5.82 Å². The van der Waals surface area contributed by atoms with E-state index in [1.54, 1.807) is 36.5 Å². The van der Waals surface area contributed by atoms with E-state index in [1.807, 2.05) is 0 Å². The van der Waals surface area contributed by atoms with Gasteiger partial charge in [-0.2, -0.15) is 5.10 Å². The molecule has 2 aromatic rings. The van der Waals surface area contributed by atoms with E-state index in [4.69, 9.17) is 11.6 Å². The maximum Gasteiger partial charge on any atom is 0.131 e. The van der Waals surface area contributed by atoms with E-state index in [-0.39, 0.29) is 5.82 Å². The van der Waals surface area contributed by atoms with Crippen LogP contribution in [0.5, 0.6) is 0 Å². The lowest BCUT2D eigenvalue weighted by Crippen LogP contribution is -1.82. The molecule has 1 aromatic heterocycles. The summed E-state index contributed by atoms with van der Waals surface area (Å²) in [7, 11) is 0. The fourth-order valence-corrected chi connectivity index (χ4v) is 1.43. The largest absolute Gasteiger partial charge is 0.278 e. The quantitative estimate of drug-likeness (QED) is 0.829. The van der Waals surface area contributed by atoms with Crippen molar-refractivity contribution in [3.63, 3.8) is 0 Å². The number of aromatic amines is 1. The molecule has 1 heterocycles. The van der Waals surface area contributed by atoms with Gasteiger partial charge in [-0.1, -0.05) is 17.7 Å². The first-order chi connectivity index (χ1) is 7.27. The Hall–Kier alpha value is -1.61. The number of rotatable bonds is 2. The molecule has 0 saturated carbocycles. The van der Waals surface area contributed by atoms with Crippen molar-refractivity contribution in [2.24, 2.45) is 0 Å². The Morgan fingerprint density at radius 3 is 2.80 bits per heavy atom. The third-order valence-electron chi connectivity index (χ3n) is 1.95. The van der Waals surface area contributed by atoms with Crippen molar-refractivity contribution < 1.29 is 4.39 Å². The third kappa shape index (κ3) is 2.25. The third-order valence-corrected chi connectivity index (χ3v) is 2.28. The SMILES string of the molecule is Fc1cccc(Cl)c1/C=C/c1ccn[nH]1. The Morgan fingerprint density at radius 2 is 2.13 bits per heavy atom. The molecule has 0 unspecified atom stereocenters. The molecule has 15 heavy (non-hydrogen) atoms. The van der Waals surface area contributed by atoms with Gasteiger partial charge < -0.3 is 0 Å². The number of nitrogens with zero attached hydrogens (tertiary/aromatic N) is 1. The van der Waals surface area contributed by atoms with Crippen LogP contribution >= 0.6 is 11.6 Å². The van der Waals surface area contributed by atoms with E-state index in [9.17, 15) is 4.39 Å². The normalized spacial score (nSPS) is 11.1. The topological polar surface area (TPSA) is 28.7 Å². The smallest absolute Gasteiger partial charge is 0.131 e. The number of nitrogens with one attached hydrogen (secondary N) is 1. The fraction of sp³-hybridized carbons (Fsp3) is 0. The maximum absolute atomic E-state index is 13.3. The van der Waals surface area contributed by atoms with Crippen molar-refractivity contribution >= 4 is 23.8 Å². The van der Waals surface area contributed by atoms with Gasteiger partial charge in [0.2, 0.25) is 0 Å². The first kappa shape index (κ1) is 9.93. The molecular formula is C11H8ClFN2. The monoisotopic (exact) mass is 222 g/mol. The van der Waals surface area contributed by atoms with Crippen LogP contribution in [0.3, 0.4) is 0 Å². The lowest BCUT2D eigenvalue weighted by molar-refractivity contribution is 0.625. The van der Waals surface area contributed by atoms with Gasteiger partial charge in [-0.25, -0.2) is 4.39 Å². The zero-order valence-corrected chi connectivity index (χ0v) is 8.50. The second-order valence-electron chi connectivity index (χ2n) is 2.98. The number of halogens is 2. The van der Waals surface area contributed by atoms with Crippen LogP contribution in [0.1, 0.15) is 11.3 Å². The summed E-state index contributed by atoms with van der Waals surface area (Å²) in [4.78, 5) is 0.